The Morgan fingerprint density at radius 2 is 1.84 bits per heavy atom. The summed E-state index contributed by atoms with van der Waals surface area (Å²) in [5.41, 5.74) is 2.68. The Hall–Kier alpha value is -2.29. The normalized spacial score (nSPS) is 15.9. The van der Waals surface area contributed by atoms with Gasteiger partial charge < -0.3 is 4.57 Å². The molecule has 0 saturated heterocycles. The lowest BCUT2D eigenvalue weighted by atomic mass is 10.1. The van der Waals surface area contributed by atoms with Gasteiger partial charge in [-0.15, -0.1) is 0 Å². The predicted octanol–water partition coefficient (Wildman–Crippen LogP) is 4.11. The number of carbonyl (C=O) groups excluding carboxylic acids is 1. The molecule has 1 fully saturated rings. The van der Waals surface area contributed by atoms with Gasteiger partial charge in [-0.2, -0.15) is 9.30 Å². The highest BCUT2D eigenvalue weighted by Gasteiger charge is 2.30. The zero-order valence-corrected chi connectivity index (χ0v) is 19.7. The standard InChI is InChI=1S/C23H27N3O3S2/c1-4-16-8-7-11-20-21(16)25(2)23(30-20)24-22(27)17-12-14-19(15-13-17)31(28,29)26(3)18-9-5-6-10-18/h7-8,11-15,18H,4-6,9-10H2,1-3H3. The van der Waals surface area contributed by atoms with Gasteiger partial charge in [-0.25, -0.2) is 8.42 Å². The fourth-order valence-electron chi connectivity index (χ4n) is 4.23. The highest BCUT2D eigenvalue weighted by atomic mass is 32.2. The van der Waals surface area contributed by atoms with Crippen molar-refractivity contribution in [3.63, 3.8) is 0 Å². The molecule has 8 heteroatoms. The van der Waals surface area contributed by atoms with Crippen LogP contribution in [-0.2, 0) is 23.5 Å². The maximum Gasteiger partial charge on any atom is 0.279 e. The first-order valence-corrected chi connectivity index (χ1v) is 12.8. The van der Waals surface area contributed by atoms with Crippen LogP contribution in [0.3, 0.4) is 0 Å². The molecule has 164 valence electrons. The molecular weight excluding hydrogens is 430 g/mol. The molecule has 0 bridgehead atoms. The number of para-hydroxylation sites is 1. The number of aryl methyl sites for hydroxylation is 2. The summed E-state index contributed by atoms with van der Waals surface area (Å²) in [6.07, 6.45) is 4.83. The predicted molar refractivity (Wildman–Crippen MR) is 124 cm³/mol. The summed E-state index contributed by atoms with van der Waals surface area (Å²) in [4.78, 5) is 17.9. The van der Waals surface area contributed by atoms with E-state index in [1.54, 1.807) is 19.2 Å². The lowest BCUT2D eigenvalue weighted by molar-refractivity contribution is 0.0998. The van der Waals surface area contributed by atoms with Crippen LogP contribution in [0.4, 0.5) is 0 Å². The van der Waals surface area contributed by atoms with Crippen LogP contribution in [0.15, 0.2) is 52.4 Å². The quantitative estimate of drug-likeness (QED) is 0.579. The second kappa shape index (κ2) is 8.68. The van der Waals surface area contributed by atoms with Gasteiger partial charge in [0, 0.05) is 25.7 Å². The van der Waals surface area contributed by atoms with E-state index in [0.717, 1.165) is 42.3 Å². The molecular formula is C23H27N3O3S2. The number of aromatic nitrogens is 1. The number of fused-ring (bicyclic) bond motifs is 1. The fourth-order valence-corrected chi connectivity index (χ4v) is 6.71. The largest absolute Gasteiger partial charge is 0.319 e. The zero-order valence-electron chi connectivity index (χ0n) is 18.0. The summed E-state index contributed by atoms with van der Waals surface area (Å²) in [6, 6.07) is 12.3. The van der Waals surface area contributed by atoms with Gasteiger partial charge in [-0.3, -0.25) is 4.79 Å². The number of hydrogen-bond donors (Lipinski definition) is 0. The molecule has 0 aliphatic heterocycles. The van der Waals surface area contributed by atoms with E-state index in [-0.39, 0.29) is 16.8 Å². The number of amides is 1. The highest BCUT2D eigenvalue weighted by Crippen LogP contribution is 2.27. The van der Waals surface area contributed by atoms with Crippen molar-refractivity contribution in [2.24, 2.45) is 12.0 Å². The Morgan fingerprint density at radius 3 is 2.48 bits per heavy atom. The maximum atomic E-state index is 12.9. The molecule has 1 heterocycles. The third-order valence-corrected chi connectivity index (χ3v) is 9.12. The van der Waals surface area contributed by atoms with Crippen LogP contribution >= 0.6 is 11.3 Å². The molecule has 0 unspecified atom stereocenters. The summed E-state index contributed by atoms with van der Waals surface area (Å²) >= 11 is 1.47. The molecule has 0 spiro atoms. The number of thiazole rings is 1. The third-order valence-electron chi connectivity index (χ3n) is 6.10. The van der Waals surface area contributed by atoms with E-state index in [0.29, 0.717) is 10.4 Å². The number of benzene rings is 2. The Labute approximate surface area is 186 Å². The summed E-state index contributed by atoms with van der Waals surface area (Å²) in [5.74, 6) is -0.381. The average Bonchev–Trinajstić information content (AvgIpc) is 3.42. The average molecular weight is 458 g/mol. The van der Waals surface area contributed by atoms with Crippen LogP contribution in [0.2, 0.25) is 0 Å². The van der Waals surface area contributed by atoms with Crippen molar-refractivity contribution in [3.05, 3.63) is 58.4 Å². The van der Waals surface area contributed by atoms with Crippen molar-refractivity contribution in [1.82, 2.24) is 8.87 Å². The lowest BCUT2D eigenvalue weighted by Crippen LogP contribution is -2.35. The van der Waals surface area contributed by atoms with E-state index in [9.17, 15) is 13.2 Å². The summed E-state index contributed by atoms with van der Waals surface area (Å²) in [5, 5.41) is 0. The molecule has 3 aromatic rings. The van der Waals surface area contributed by atoms with E-state index in [1.807, 2.05) is 23.7 Å². The van der Waals surface area contributed by atoms with E-state index >= 15 is 0 Å². The van der Waals surface area contributed by atoms with Crippen molar-refractivity contribution < 1.29 is 13.2 Å². The van der Waals surface area contributed by atoms with Crippen molar-refractivity contribution >= 4 is 37.5 Å². The Bertz CT molecular complexity index is 1280. The molecule has 1 saturated carbocycles. The molecule has 0 radical (unpaired) electrons. The first-order valence-electron chi connectivity index (χ1n) is 10.6. The maximum absolute atomic E-state index is 12.9. The van der Waals surface area contributed by atoms with Crippen molar-refractivity contribution in [2.75, 3.05) is 7.05 Å². The van der Waals surface area contributed by atoms with Crippen molar-refractivity contribution in [1.29, 1.82) is 0 Å². The number of sulfonamides is 1. The van der Waals surface area contributed by atoms with Gasteiger partial charge in [0.1, 0.15) is 0 Å². The minimum absolute atomic E-state index is 0.0577. The molecule has 0 N–H and O–H groups in total. The SMILES string of the molecule is CCc1cccc2sc(=NC(=O)c3ccc(S(=O)(=O)N(C)C4CCCC4)cc3)n(C)c12. The van der Waals surface area contributed by atoms with Gasteiger partial charge in [0.2, 0.25) is 10.0 Å². The summed E-state index contributed by atoms with van der Waals surface area (Å²) < 4.78 is 30.3. The number of rotatable bonds is 5. The molecule has 31 heavy (non-hydrogen) atoms. The molecule has 1 amide bonds. The third kappa shape index (κ3) is 4.12. The van der Waals surface area contributed by atoms with Crippen LogP contribution in [-0.4, -0.2) is 36.3 Å². The zero-order chi connectivity index (χ0) is 22.2. The molecule has 2 aromatic carbocycles. The van der Waals surface area contributed by atoms with Gasteiger partial charge in [0.15, 0.2) is 4.80 Å². The van der Waals surface area contributed by atoms with Crippen LogP contribution in [0, 0.1) is 0 Å². The minimum atomic E-state index is -3.57. The highest BCUT2D eigenvalue weighted by molar-refractivity contribution is 7.89. The summed E-state index contributed by atoms with van der Waals surface area (Å²) in [6.45, 7) is 2.11. The van der Waals surface area contributed by atoms with Crippen LogP contribution < -0.4 is 4.80 Å². The second-order valence-corrected chi connectivity index (χ2v) is 11.0. The first-order chi connectivity index (χ1) is 14.8. The van der Waals surface area contributed by atoms with Gasteiger partial charge in [0.25, 0.3) is 5.91 Å². The van der Waals surface area contributed by atoms with Gasteiger partial charge in [0.05, 0.1) is 15.1 Å². The van der Waals surface area contributed by atoms with E-state index in [2.05, 4.69) is 18.0 Å². The van der Waals surface area contributed by atoms with Crippen molar-refractivity contribution in [2.45, 2.75) is 50.0 Å². The van der Waals surface area contributed by atoms with Crippen LogP contribution in [0.1, 0.15) is 48.5 Å². The second-order valence-electron chi connectivity index (χ2n) is 7.96. The Morgan fingerprint density at radius 1 is 1.16 bits per heavy atom. The molecule has 6 nitrogen and oxygen atoms in total. The molecule has 1 aliphatic rings. The number of carbonyl (C=O) groups is 1. The topological polar surface area (TPSA) is 71.7 Å². The van der Waals surface area contributed by atoms with E-state index in [4.69, 9.17) is 0 Å². The monoisotopic (exact) mass is 457 g/mol. The molecule has 4 rings (SSSR count). The fraction of sp³-hybridized carbons (Fsp3) is 0.391. The Balaban J connectivity index is 1.62. The van der Waals surface area contributed by atoms with E-state index < -0.39 is 10.0 Å². The van der Waals surface area contributed by atoms with E-state index in [1.165, 1.54) is 33.3 Å². The molecule has 1 aromatic heterocycles. The Kier molecular flexibility index (Phi) is 6.14. The van der Waals surface area contributed by atoms with Crippen LogP contribution in [0.25, 0.3) is 10.2 Å². The molecule has 0 atom stereocenters. The summed E-state index contributed by atoms with van der Waals surface area (Å²) in [7, 11) is -0.00625. The lowest BCUT2D eigenvalue weighted by Gasteiger charge is -2.23. The van der Waals surface area contributed by atoms with Crippen LogP contribution in [0.5, 0.6) is 0 Å². The number of nitrogens with zero attached hydrogens (tertiary/aromatic N) is 3. The van der Waals surface area contributed by atoms with Gasteiger partial charge in [-0.1, -0.05) is 43.2 Å². The minimum Gasteiger partial charge on any atom is -0.319 e. The van der Waals surface area contributed by atoms with Crippen molar-refractivity contribution in [3.8, 4) is 0 Å². The van der Waals surface area contributed by atoms with Gasteiger partial charge in [-0.05, 0) is 55.2 Å². The molecule has 1 aliphatic carbocycles. The first kappa shape index (κ1) is 21.9. The van der Waals surface area contributed by atoms with Gasteiger partial charge >= 0.3 is 0 Å². The number of hydrogen-bond acceptors (Lipinski definition) is 4. The smallest absolute Gasteiger partial charge is 0.279 e.